The number of rotatable bonds is 9. The summed E-state index contributed by atoms with van der Waals surface area (Å²) in [5, 5.41) is 8.87. The molecule has 3 amide bonds. The monoisotopic (exact) mass is 299 g/mol. The molecule has 8 nitrogen and oxygen atoms in total. The van der Waals surface area contributed by atoms with Crippen LogP contribution in [0.4, 0.5) is 0 Å². The van der Waals surface area contributed by atoms with Gasteiger partial charge in [-0.25, -0.2) is 0 Å². The van der Waals surface area contributed by atoms with Gasteiger partial charge in [-0.05, 0) is 39.8 Å². The lowest BCUT2D eigenvalue weighted by atomic mass is 10.2. The Morgan fingerprint density at radius 3 is 2.71 bits per heavy atom. The van der Waals surface area contributed by atoms with Crippen LogP contribution in [0.25, 0.3) is 0 Å². The van der Waals surface area contributed by atoms with E-state index in [-0.39, 0.29) is 18.1 Å². The zero-order valence-electron chi connectivity index (χ0n) is 12.6. The van der Waals surface area contributed by atoms with E-state index in [1.165, 1.54) is 4.90 Å². The van der Waals surface area contributed by atoms with Gasteiger partial charge in [-0.2, -0.15) is 0 Å². The molecule has 1 fully saturated rings. The first-order valence-electron chi connectivity index (χ1n) is 7.19. The molecule has 5 N–H and O–H groups in total. The number of nitrogens with zero attached hydrogens (tertiary/aromatic N) is 1. The Labute approximate surface area is 124 Å². The molecule has 3 unspecified atom stereocenters. The quantitative estimate of drug-likeness (QED) is 0.372. The molecule has 1 aliphatic heterocycles. The molecule has 21 heavy (non-hydrogen) atoms. The number of carbonyl (C=O) groups is 3. The summed E-state index contributed by atoms with van der Waals surface area (Å²) in [6.45, 7) is 2.86. The van der Waals surface area contributed by atoms with Gasteiger partial charge in [-0.3, -0.25) is 19.7 Å². The lowest BCUT2D eigenvalue weighted by Crippen LogP contribution is -2.49. The first-order valence-corrected chi connectivity index (χ1v) is 7.19. The second-order valence-electron chi connectivity index (χ2n) is 5.31. The summed E-state index contributed by atoms with van der Waals surface area (Å²) >= 11 is 0. The van der Waals surface area contributed by atoms with Crippen LogP contribution in [0.5, 0.6) is 0 Å². The molecule has 0 spiro atoms. The number of nitrogens with one attached hydrogen (secondary N) is 3. The van der Waals surface area contributed by atoms with Crippen molar-refractivity contribution in [3.8, 4) is 0 Å². The number of likely N-dealkylation sites (N-methyl/N-ethyl adjacent to an activating group) is 1. The fourth-order valence-corrected chi connectivity index (χ4v) is 2.50. The van der Waals surface area contributed by atoms with Crippen LogP contribution in [0.15, 0.2) is 0 Å². The van der Waals surface area contributed by atoms with Crippen molar-refractivity contribution in [3.63, 3.8) is 0 Å². The summed E-state index contributed by atoms with van der Waals surface area (Å²) in [7, 11) is 1.72. The summed E-state index contributed by atoms with van der Waals surface area (Å²) < 4.78 is 0. The Balaban J connectivity index is 2.30. The highest BCUT2D eigenvalue weighted by molar-refractivity contribution is 5.82. The minimum atomic E-state index is -0.521. The summed E-state index contributed by atoms with van der Waals surface area (Å²) in [4.78, 5) is 35.1. The first kappa shape index (κ1) is 17.4. The Hall–Kier alpha value is -1.67. The molecule has 0 radical (unpaired) electrons. The topological polar surface area (TPSA) is 117 Å². The van der Waals surface area contributed by atoms with Crippen LogP contribution in [0, 0.1) is 0 Å². The second kappa shape index (κ2) is 8.58. The molecule has 1 saturated heterocycles. The van der Waals surface area contributed by atoms with E-state index in [1.54, 1.807) is 7.05 Å². The van der Waals surface area contributed by atoms with Crippen molar-refractivity contribution in [1.82, 2.24) is 20.9 Å². The van der Waals surface area contributed by atoms with E-state index < -0.39 is 11.9 Å². The molecule has 0 aromatic carbocycles. The maximum atomic E-state index is 11.4. The molecule has 1 aliphatic rings. The molecule has 120 valence electrons. The highest BCUT2D eigenvalue weighted by atomic mass is 16.2. The summed E-state index contributed by atoms with van der Waals surface area (Å²) in [6, 6.07) is -0.482. The lowest BCUT2D eigenvalue weighted by molar-refractivity contribution is -0.130. The largest absolute Gasteiger partial charge is 0.368 e. The van der Waals surface area contributed by atoms with Gasteiger partial charge >= 0.3 is 0 Å². The fraction of sp³-hybridized carbons (Fsp3) is 0.769. The maximum absolute atomic E-state index is 11.4. The van der Waals surface area contributed by atoms with Gasteiger partial charge < -0.3 is 21.3 Å². The molecule has 1 heterocycles. The van der Waals surface area contributed by atoms with Crippen LogP contribution < -0.4 is 21.7 Å². The van der Waals surface area contributed by atoms with Gasteiger partial charge in [0.2, 0.25) is 18.2 Å². The zero-order chi connectivity index (χ0) is 15.8. The van der Waals surface area contributed by atoms with Gasteiger partial charge in [0.1, 0.15) is 6.04 Å². The fourth-order valence-electron chi connectivity index (χ4n) is 2.50. The highest BCUT2D eigenvalue weighted by Crippen LogP contribution is 2.20. The normalized spacial score (nSPS) is 22.9. The minimum absolute atomic E-state index is 0.0383. The number of hydrogen-bond donors (Lipinski definition) is 4. The standard InChI is InChI=1S/C13H25N5O3/c1-9(17-12(20)7-15-2)5-6-16-11-4-3-10(13(14)21)18(11)8-19/h8-11,15-16H,3-7H2,1-2H3,(H2,14,21)(H,17,20). The number of nitrogens with two attached hydrogens (primary N) is 1. The molecule has 3 atom stereocenters. The van der Waals surface area contributed by atoms with Crippen LogP contribution >= 0.6 is 0 Å². The van der Waals surface area contributed by atoms with Crippen molar-refractivity contribution >= 4 is 18.2 Å². The molecule has 1 rings (SSSR count). The number of primary amides is 1. The van der Waals surface area contributed by atoms with Crippen molar-refractivity contribution in [1.29, 1.82) is 0 Å². The predicted octanol–water partition coefficient (Wildman–Crippen LogP) is -1.88. The Morgan fingerprint density at radius 1 is 1.43 bits per heavy atom. The van der Waals surface area contributed by atoms with Gasteiger partial charge in [0, 0.05) is 6.04 Å². The van der Waals surface area contributed by atoms with Crippen molar-refractivity contribution in [2.45, 2.75) is 44.4 Å². The molecule has 0 aromatic rings. The molecule has 0 saturated carbocycles. The van der Waals surface area contributed by atoms with E-state index in [4.69, 9.17) is 5.73 Å². The van der Waals surface area contributed by atoms with Crippen molar-refractivity contribution in [3.05, 3.63) is 0 Å². The third-order valence-electron chi connectivity index (χ3n) is 3.59. The lowest BCUT2D eigenvalue weighted by Gasteiger charge is -2.25. The average molecular weight is 299 g/mol. The van der Waals surface area contributed by atoms with E-state index in [2.05, 4.69) is 16.0 Å². The van der Waals surface area contributed by atoms with Gasteiger partial charge in [0.05, 0.1) is 12.7 Å². The number of amides is 3. The van der Waals surface area contributed by atoms with Crippen molar-refractivity contribution in [2.24, 2.45) is 5.73 Å². The number of hydrogen-bond acceptors (Lipinski definition) is 5. The van der Waals surface area contributed by atoms with E-state index in [9.17, 15) is 14.4 Å². The molecular formula is C13H25N5O3. The predicted molar refractivity (Wildman–Crippen MR) is 78.1 cm³/mol. The SMILES string of the molecule is CNCC(=O)NC(C)CCNC1CCC(C(N)=O)N1C=O. The number of carbonyl (C=O) groups excluding carboxylic acids is 3. The minimum Gasteiger partial charge on any atom is -0.368 e. The second-order valence-corrected chi connectivity index (χ2v) is 5.31. The molecule has 0 aliphatic carbocycles. The Bertz CT molecular complexity index is 377. The van der Waals surface area contributed by atoms with E-state index in [0.717, 1.165) is 6.42 Å². The number of likely N-dealkylation sites (tertiary alicyclic amines) is 1. The molecule has 0 aromatic heterocycles. The first-order chi connectivity index (χ1) is 9.99. The summed E-state index contributed by atoms with van der Waals surface area (Å²) in [5.41, 5.74) is 5.27. The van der Waals surface area contributed by atoms with Crippen molar-refractivity contribution in [2.75, 3.05) is 20.1 Å². The van der Waals surface area contributed by atoms with Gasteiger partial charge in [0.25, 0.3) is 0 Å². The smallest absolute Gasteiger partial charge is 0.240 e. The summed E-state index contributed by atoms with van der Waals surface area (Å²) in [5.74, 6) is -0.520. The Kier molecular flexibility index (Phi) is 7.10. The average Bonchev–Trinajstić information content (AvgIpc) is 2.82. The third kappa shape index (κ3) is 5.31. The van der Waals surface area contributed by atoms with E-state index in [1.807, 2.05) is 6.92 Å². The van der Waals surface area contributed by atoms with Gasteiger partial charge in [-0.1, -0.05) is 0 Å². The molecular weight excluding hydrogens is 274 g/mol. The highest BCUT2D eigenvalue weighted by Gasteiger charge is 2.35. The maximum Gasteiger partial charge on any atom is 0.240 e. The van der Waals surface area contributed by atoms with Gasteiger partial charge in [0.15, 0.2) is 0 Å². The zero-order valence-corrected chi connectivity index (χ0v) is 12.6. The molecule has 8 heteroatoms. The van der Waals surface area contributed by atoms with Crippen LogP contribution in [0.2, 0.25) is 0 Å². The Morgan fingerprint density at radius 2 is 2.14 bits per heavy atom. The van der Waals surface area contributed by atoms with Crippen LogP contribution in [-0.4, -0.2) is 61.5 Å². The van der Waals surface area contributed by atoms with E-state index >= 15 is 0 Å². The van der Waals surface area contributed by atoms with Crippen LogP contribution in [0.1, 0.15) is 26.2 Å². The third-order valence-corrected chi connectivity index (χ3v) is 3.59. The van der Waals surface area contributed by atoms with Gasteiger partial charge in [-0.15, -0.1) is 0 Å². The molecule has 0 bridgehead atoms. The summed E-state index contributed by atoms with van der Waals surface area (Å²) in [6.07, 6.45) is 2.52. The van der Waals surface area contributed by atoms with Crippen LogP contribution in [-0.2, 0) is 14.4 Å². The van der Waals surface area contributed by atoms with E-state index in [0.29, 0.717) is 32.3 Å². The van der Waals surface area contributed by atoms with Crippen molar-refractivity contribution < 1.29 is 14.4 Å². The van der Waals surface area contributed by atoms with Crippen LogP contribution in [0.3, 0.4) is 0 Å².